The van der Waals surface area contributed by atoms with E-state index in [1.54, 1.807) is 54.7 Å². The van der Waals surface area contributed by atoms with Crippen molar-refractivity contribution < 1.29 is 14.3 Å². The number of ketones is 1. The van der Waals surface area contributed by atoms with Crippen LogP contribution in [0.25, 0.3) is 0 Å². The third-order valence-corrected chi connectivity index (χ3v) is 5.21. The van der Waals surface area contributed by atoms with Crippen molar-refractivity contribution in [2.45, 2.75) is 6.92 Å². The molecule has 0 aliphatic carbocycles. The lowest BCUT2D eigenvalue weighted by molar-refractivity contribution is -0.138. The molecule has 0 unspecified atom stereocenters. The van der Waals surface area contributed by atoms with Crippen LogP contribution in [0.4, 0.5) is 0 Å². The van der Waals surface area contributed by atoms with E-state index in [9.17, 15) is 9.59 Å². The minimum atomic E-state index is -0.520. The molecule has 0 atom stereocenters. The van der Waals surface area contributed by atoms with Crippen LogP contribution >= 0.6 is 23.5 Å². The molecule has 0 amide bonds. The van der Waals surface area contributed by atoms with E-state index in [4.69, 9.17) is 4.74 Å². The molecule has 1 aliphatic heterocycles. The summed E-state index contributed by atoms with van der Waals surface area (Å²) in [5, 5.41) is 0. The van der Waals surface area contributed by atoms with Gasteiger partial charge in [-0.15, -0.1) is 23.5 Å². The normalized spacial score (nSPS) is 14.3. The summed E-state index contributed by atoms with van der Waals surface area (Å²) in [5.41, 5.74) is 0.701. The predicted molar refractivity (Wildman–Crippen MR) is 79.3 cm³/mol. The van der Waals surface area contributed by atoms with Gasteiger partial charge in [0.15, 0.2) is 0 Å². The smallest absolute Gasteiger partial charge is 0.343 e. The molecule has 0 spiro atoms. The topological polar surface area (TPSA) is 43.4 Å². The number of esters is 1. The lowest BCUT2D eigenvalue weighted by Crippen LogP contribution is -2.17. The van der Waals surface area contributed by atoms with Crippen LogP contribution in [0.15, 0.2) is 40.1 Å². The average molecular weight is 294 g/mol. The highest BCUT2D eigenvalue weighted by atomic mass is 32.2. The average Bonchev–Trinajstić information content (AvgIpc) is 2.94. The van der Waals surface area contributed by atoms with Gasteiger partial charge in [0.2, 0.25) is 5.78 Å². The molecule has 1 heterocycles. The number of benzene rings is 1. The Hall–Kier alpha value is -1.20. The van der Waals surface area contributed by atoms with E-state index in [0.717, 1.165) is 15.7 Å². The van der Waals surface area contributed by atoms with Gasteiger partial charge in [0.05, 0.1) is 10.8 Å². The molecule has 0 saturated carbocycles. The van der Waals surface area contributed by atoms with E-state index in [2.05, 4.69) is 0 Å². The van der Waals surface area contributed by atoms with E-state index in [1.807, 2.05) is 6.07 Å². The monoisotopic (exact) mass is 294 g/mol. The van der Waals surface area contributed by atoms with Gasteiger partial charge in [-0.2, -0.15) is 0 Å². The van der Waals surface area contributed by atoms with Crippen LogP contribution in [-0.4, -0.2) is 29.9 Å². The molecule has 1 aromatic rings. The summed E-state index contributed by atoms with van der Waals surface area (Å²) in [7, 11) is 0. The molecule has 0 bridgehead atoms. The Balaban J connectivity index is 2.36. The quantitative estimate of drug-likeness (QED) is 0.281. The van der Waals surface area contributed by atoms with E-state index >= 15 is 0 Å². The number of ether oxygens (including phenoxy) is 1. The molecule has 2 rings (SSSR count). The van der Waals surface area contributed by atoms with E-state index in [1.165, 1.54) is 0 Å². The number of hydrogen-bond donors (Lipinski definition) is 0. The molecular weight excluding hydrogens is 280 g/mol. The summed E-state index contributed by atoms with van der Waals surface area (Å²) >= 11 is 3.10. The molecule has 1 saturated heterocycles. The first-order chi connectivity index (χ1) is 9.24. The third-order valence-electron chi connectivity index (χ3n) is 2.50. The number of rotatable bonds is 4. The predicted octanol–water partition coefficient (Wildman–Crippen LogP) is 3.12. The van der Waals surface area contributed by atoms with Crippen LogP contribution in [0.5, 0.6) is 0 Å². The Bertz CT molecular complexity index is 501. The van der Waals surface area contributed by atoms with Crippen LogP contribution in [0.2, 0.25) is 0 Å². The first-order valence-electron chi connectivity index (χ1n) is 6.00. The summed E-state index contributed by atoms with van der Waals surface area (Å²) in [4.78, 5) is 24.5. The van der Waals surface area contributed by atoms with Crippen molar-refractivity contribution in [3.8, 4) is 0 Å². The second kappa shape index (κ2) is 6.82. The first-order valence-corrected chi connectivity index (χ1v) is 7.98. The number of Topliss-reactive ketones (excluding diaryl/α,β-unsaturated/α-hetero) is 1. The van der Waals surface area contributed by atoms with Gasteiger partial charge in [-0.3, -0.25) is 4.79 Å². The molecule has 1 fully saturated rings. The molecule has 5 heteroatoms. The first kappa shape index (κ1) is 14.2. The van der Waals surface area contributed by atoms with Crippen molar-refractivity contribution in [3.63, 3.8) is 0 Å². The number of carbonyl (C=O) groups is 2. The van der Waals surface area contributed by atoms with E-state index < -0.39 is 5.97 Å². The zero-order valence-electron chi connectivity index (χ0n) is 10.5. The fraction of sp³-hybridized carbons (Fsp3) is 0.286. The Labute approximate surface area is 120 Å². The molecule has 0 aromatic heterocycles. The van der Waals surface area contributed by atoms with Gasteiger partial charge >= 0.3 is 5.97 Å². The summed E-state index contributed by atoms with van der Waals surface area (Å²) in [6.45, 7) is 2.01. The zero-order valence-corrected chi connectivity index (χ0v) is 12.2. The molecule has 0 N–H and O–H groups in total. The molecule has 3 nitrogen and oxygen atoms in total. The number of hydrogen-bond acceptors (Lipinski definition) is 5. The second-order valence-corrected chi connectivity index (χ2v) is 6.24. The Morgan fingerprint density at radius 3 is 2.37 bits per heavy atom. The standard InChI is InChI=1S/C14H14O3S2/c1-2-17-13(16)11(14-18-8-9-19-14)12(15)10-6-4-3-5-7-10/h3-7H,2,8-9H2,1H3. The molecular formula is C14H14O3S2. The Morgan fingerprint density at radius 2 is 1.79 bits per heavy atom. The maximum atomic E-state index is 12.5. The van der Waals surface area contributed by atoms with Crippen LogP contribution in [0.1, 0.15) is 17.3 Å². The maximum absolute atomic E-state index is 12.5. The number of carbonyl (C=O) groups excluding carboxylic acids is 2. The Kier molecular flexibility index (Phi) is 5.10. The second-order valence-electron chi connectivity index (χ2n) is 3.78. The summed E-state index contributed by atoms with van der Waals surface area (Å²) in [5.74, 6) is 1.07. The lowest BCUT2D eigenvalue weighted by atomic mass is 10.1. The summed E-state index contributed by atoms with van der Waals surface area (Å²) < 4.78 is 5.80. The zero-order chi connectivity index (χ0) is 13.7. The minimum absolute atomic E-state index is 0.181. The summed E-state index contributed by atoms with van der Waals surface area (Å²) in [6.07, 6.45) is 0. The van der Waals surface area contributed by atoms with Crippen molar-refractivity contribution in [2.75, 3.05) is 18.1 Å². The van der Waals surface area contributed by atoms with Crippen molar-refractivity contribution >= 4 is 35.3 Å². The largest absolute Gasteiger partial charge is 0.462 e. The van der Waals surface area contributed by atoms with Gasteiger partial charge in [0.1, 0.15) is 5.57 Å². The van der Waals surface area contributed by atoms with Gasteiger partial charge < -0.3 is 4.74 Å². The molecule has 1 aromatic carbocycles. The van der Waals surface area contributed by atoms with Gasteiger partial charge in [-0.1, -0.05) is 30.3 Å². The van der Waals surface area contributed by atoms with E-state index in [0.29, 0.717) is 5.56 Å². The van der Waals surface area contributed by atoms with Crippen molar-refractivity contribution in [3.05, 3.63) is 45.7 Å². The van der Waals surface area contributed by atoms with Crippen molar-refractivity contribution in [1.29, 1.82) is 0 Å². The molecule has 19 heavy (non-hydrogen) atoms. The van der Waals surface area contributed by atoms with Gasteiger partial charge in [-0.05, 0) is 6.92 Å². The van der Waals surface area contributed by atoms with Crippen molar-refractivity contribution in [1.82, 2.24) is 0 Å². The molecule has 0 radical (unpaired) electrons. The van der Waals surface area contributed by atoms with Gasteiger partial charge in [0.25, 0.3) is 0 Å². The highest BCUT2D eigenvalue weighted by Gasteiger charge is 2.28. The van der Waals surface area contributed by atoms with E-state index in [-0.39, 0.29) is 18.0 Å². The lowest BCUT2D eigenvalue weighted by Gasteiger charge is -2.08. The Morgan fingerprint density at radius 1 is 1.16 bits per heavy atom. The molecule has 100 valence electrons. The third kappa shape index (κ3) is 3.42. The van der Waals surface area contributed by atoms with Crippen molar-refractivity contribution in [2.24, 2.45) is 0 Å². The molecule has 1 aliphatic rings. The highest BCUT2D eigenvalue weighted by Crippen LogP contribution is 2.39. The maximum Gasteiger partial charge on any atom is 0.343 e. The van der Waals surface area contributed by atoms with Crippen LogP contribution in [0, 0.1) is 0 Å². The van der Waals surface area contributed by atoms with Gasteiger partial charge in [-0.25, -0.2) is 4.79 Å². The fourth-order valence-electron chi connectivity index (χ4n) is 1.66. The SMILES string of the molecule is CCOC(=O)C(C(=O)c1ccccc1)=C1SCCS1. The summed E-state index contributed by atoms with van der Waals surface area (Å²) in [6, 6.07) is 8.84. The highest BCUT2D eigenvalue weighted by molar-refractivity contribution is 8.25. The van der Waals surface area contributed by atoms with Gasteiger partial charge in [0, 0.05) is 17.1 Å². The number of thioether (sulfide) groups is 2. The van der Waals surface area contributed by atoms with Crippen LogP contribution in [0.3, 0.4) is 0 Å². The fourth-order valence-corrected chi connectivity index (χ4v) is 4.17. The minimum Gasteiger partial charge on any atom is -0.462 e. The van der Waals surface area contributed by atoms with Crippen LogP contribution in [-0.2, 0) is 9.53 Å². The van der Waals surface area contributed by atoms with Crippen LogP contribution < -0.4 is 0 Å².